The third-order valence-electron chi connectivity index (χ3n) is 4.73. The zero-order valence-electron chi connectivity index (χ0n) is 15.2. The van der Waals surface area contributed by atoms with Crippen LogP contribution in [-0.2, 0) is 4.74 Å². The second-order valence-corrected chi connectivity index (χ2v) is 6.99. The topological polar surface area (TPSA) is 78.9 Å². The standard InChI is InChI=1S/C20H19ClF2N2O4/c21-20(28)29-19(12-4-2-1-3-5-12)25-9-8-16(17(26)11-25)24-18(27)13-6-7-14(22)15(23)10-13/h1-7,10,16-17,19,26H,8-9,11H2,(H,24,27). The van der Waals surface area contributed by atoms with Gasteiger partial charge in [0, 0.05) is 35.8 Å². The largest absolute Gasteiger partial charge is 0.430 e. The maximum absolute atomic E-state index is 13.3. The molecule has 9 heteroatoms. The van der Waals surface area contributed by atoms with Crippen LogP contribution in [0.2, 0.25) is 0 Å². The summed E-state index contributed by atoms with van der Waals surface area (Å²) < 4.78 is 31.6. The molecule has 0 saturated carbocycles. The SMILES string of the molecule is O=C(Cl)OC(c1ccccc1)N1CCC(NC(=O)c2ccc(F)c(F)c2)C(O)C1. The summed E-state index contributed by atoms with van der Waals surface area (Å²) in [6.07, 6.45) is -1.41. The Hall–Kier alpha value is -2.55. The smallest absolute Gasteiger partial charge is 0.405 e. The van der Waals surface area contributed by atoms with Crippen molar-refractivity contribution in [2.45, 2.75) is 24.8 Å². The van der Waals surface area contributed by atoms with Gasteiger partial charge in [-0.25, -0.2) is 13.6 Å². The van der Waals surface area contributed by atoms with Gasteiger partial charge in [-0.3, -0.25) is 9.69 Å². The van der Waals surface area contributed by atoms with Gasteiger partial charge in [0.05, 0.1) is 12.1 Å². The summed E-state index contributed by atoms with van der Waals surface area (Å²) in [5.41, 5.74) is -0.322. The molecule has 29 heavy (non-hydrogen) atoms. The maximum atomic E-state index is 13.3. The molecular weight excluding hydrogens is 406 g/mol. The van der Waals surface area contributed by atoms with E-state index < -0.39 is 41.3 Å². The van der Waals surface area contributed by atoms with Gasteiger partial charge in [0.2, 0.25) is 0 Å². The van der Waals surface area contributed by atoms with Crippen LogP contribution in [0.1, 0.15) is 28.6 Å². The van der Waals surface area contributed by atoms with E-state index in [0.717, 1.165) is 12.1 Å². The van der Waals surface area contributed by atoms with Crippen molar-refractivity contribution < 1.29 is 28.2 Å². The van der Waals surface area contributed by atoms with E-state index >= 15 is 0 Å². The van der Waals surface area contributed by atoms with Gasteiger partial charge in [0.25, 0.3) is 5.91 Å². The molecule has 1 amide bonds. The molecular formula is C20H19ClF2N2O4. The summed E-state index contributed by atoms with van der Waals surface area (Å²) in [6, 6.07) is 11.2. The lowest BCUT2D eigenvalue weighted by Crippen LogP contribution is -2.55. The first-order chi connectivity index (χ1) is 13.8. The predicted molar refractivity (Wildman–Crippen MR) is 101 cm³/mol. The van der Waals surface area contributed by atoms with E-state index in [1.165, 1.54) is 6.07 Å². The lowest BCUT2D eigenvalue weighted by molar-refractivity contribution is -0.0562. The highest BCUT2D eigenvalue weighted by molar-refractivity contribution is 6.61. The Balaban J connectivity index is 1.66. The van der Waals surface area contributed by atoms with E-state index in [1.54, 1.807) is 29.2 Å². The van der Waals surface area contributed by atoms with Gasteiger partial charge in [-0.2, -0.15) is 0 Å². The van der Waals surface area contributed by atoms with E-state index in [0.29, 0.717) is 18.5 Å². The quantitative estimate of drug-likeness (QED) is 0.721. The highest BCUT2D eigenvalue weighted by Crippen LogP contribution is 2.27. The van der Waals surface area contributed by atoms with Crippen LogP contribution in [0.15, 0.2) is 48.5 Å². The Morgan fingerprint density at radius 1 is 1.17 bits per heavy atom. The number of aliphatic hydroxyl groups is 1. The van der Waals surface area contributed by atoms with E-state index in [1.807, 2.05) is 6.07 Å². The molecule has 0 bridgehead atoms. The lowest BCUT2D eigenvalue weighted by atomic mass is 10.00. The number of hydrogen-bond donors (Lipinski definition) is 2. The number of likely N-dealkylation sites (tertiary alicyclic amines) is 1. The minimum Gasteiger partial charge on any atom is -0.430 e. The first kappa shape index (κ1) is 21.2. The molecule has 3 unspecified atom stereocenters. The first-order valence-electron chi connectivity index (χ1n) is 8.94. The van der Waals surface area contributed by atoms with Crippen molar-refractivity contribution in [3.63, 3.8) is 0 Å². The zero-order valence-corrected chi connectivity index (χ0v) is 16.0. The van der Waals surface area contributed by atoms with Crippen LogP contribution >= 0.6 is 11.6 Å². The number of rotatable bonds is 5. The van der Waals surface area contributed by atoms with Crippen LogP contribution in [0.25, 0.3) is 0 Å². The number of benzene rings is 2. The van der Waals surface area contributed by atoms with Crippen molar-refractivity contribution in [1.29, 1.82) is 0 Å². The van der Waals surface area contributed by atoms with Gasteiger partial charge in [-0.15, -0.1) is 0 Å². The molecule has 154 valence electrons. The summed E-state index contributed by atoms with van der Waals surface area (Å²) in [7, 11) is 0. The highest BCUT2D eigenvalue weighted by Gasteiger charge is 2.34. The molecule has 1 fully saturated rings. The summed E-state index contributed by atoms with van der Waals surface area (Å²) in [6.45, 7) is 0.496. The normalized spacial score (nSPS) is 20.7. The lowest BCUT2D eigenvalue weighted by Gasteiger charge is -2.39. The number of amides is 1. The monoisotopic (exact) mass is 424 g/mol. The Morgan fingerprint density at radius 3 is 2.52 bits per heavy atom. The minimum absolute atomic E-state index is 0.0447. The van der Waals surface area contributed by atoms with Gasteiger partial charge in [-0.05, 0) is 24.6 Å². The maximum Gasteiger partial charge on any atom is 0.405 e. The molecule has 2 aromatic rings. The number of piperidine rings is 1. The molecule has 0 radical (unpaired) electrons. The molecule has 3 rings (SSSR count). The van der Waals surface area contributed by atoms with Crippen molar-refractivity contribution in [2.75, 3.05) is 13.1 Å². The van der Waals surface area contributed by atoms with Crippen molar-refractivity contribution >= 4 is 22.9 Å². The molecule has 1 heterocycles. The number of hydrogen-bond acceptors (Lipinski definition) is 5. The number of halogens is 3. The average Bonchev–Trinajstić information content (AvgIpc) is 2.70. The molecule has 2 N–H and O–H groups in total. The van der Waals surface area contributed by atoms with Crippen LogP contribution in [0.3, 0.4) is 0 Å². The van der Waals surface area contributed by atoms with Gasteiger partial charge in [0.1, 0.15) is 0 Å². The third-order valence-corrected chi connectivity index (χ3v) is 4.82. The summed E-state index contributed by atoms with van der Waals surface area (Å²) >= 11 is 5.40. The van der Waals surface area contributed by atoms with E-state index in [9.17, 15) is 23.5 Å². The van der Waals surface area contributed by atoms with E-state index in [4.69, 9.17) is 16.3 Å². The third kappa shape index (κ3) is 5.29. The van der Waals surface area contributed by atoms with Crippen LogP contribution in [0, 0.1) is 11.6 Å². The van der Waals surface area contributed by atoms with E-state index in [2.05, 4.69) is 5.32 Å². The molecule has 3 atom stereocenters. The number of nitrogens with one attached hydrogen (secondary N) is 1. The summed E-state index contributed by atoms with van der Waals surface area (Å²) in [5, 5.41) is 13.1. The Labute approximate surface area is 171 Å². The average molecular weight is 425 g/mol. The van der Waals surface area contributed by atoms with Gasteiger partial charge in [0.15, 0.2) is 17.9 Å². The van der Waals surface area contributed by atoms with Crippen LogP contribution in [0.5, 0.6) is 0 Å². The second-order valence-electron chi connectivity index (χ2n) is 6.68. The number of carbonyl (C=O) groups is 2. The zero-order chi connectivity index (χ0) is 21.0. The summed E-state index contributed by atoms with van der Waals surface area (Å²) in [5.74, 6) is -2.79. The van der Waals surface area contributed by atoms with Crippen molar-refractivity contribution in [3.8, 4) is 0 Å². The van der Waals surface area contributed by atoms with Crippen molar-refractivity contribution in [3.05, 3.63) is 71.3 Å². The Kier molecular flexibility index (Phi) is 6.79. The minimum atomic E-state index is -1.12. The second kappa shape index (κ2) is 9.30. The fraction of sp³-hybridized carbons (Fsp3) is 0.300. The van der Waals surface area contributed by atoms with Gasteiger partial charge >= 0.3 is 5.43 Å². The predicted octanol–water partition coefficient (Wildman–Crippen LogP) is 3.20. The molecule has 1 aliphatic heterocycles. The van der Waals surface area contributed by atoms with Crippen molar-refractivity contribution in [1.82, 2.24) is 10.2 Å². The number of aliphatic hydroxyl groups excluding tert-OH is 1. The molecule has 0 spiro atoms. The van der Waals surface area contributed by atoms with Crippen LogP contribution < -0.4 is 5.32 Å². The molecule has 0 aliphatic carbocycles. The molecule has 6 nitrogen and oxygen atoms in total. The molecule has 2 aromatic carbocycles. The number of nitrogens with zero attached hydrogens (tertiary/aromatic N) is 1. The molecule has 1 aliphatic rings. The number of ether oxygens (including phenoxy) is 1. The fourth-order valence-electron chi connectivity index (χ4n) is 3.29. The highest BCUT2D eigenvalue weighted by atomic mass is 35.5. The van der Waals surface area contributed by atoms with E-state index in [-0.39, 0.29) is 12.1 Å². The first-order valence-corrected chi connectivity index (χ1v) is 9.32. The fourth-order valence-corrected chi connectivity index (χ4v) is 3.37. The van der Waals surface area contributed by atoms with Crippen LogP contribution in [-0.4, -0.2) is 46.6 Å². The van der Waals surface area contributed by atoms with Gasteiger partial charge in [-0.1, -0.05) is 30.3 Å². The number of carbonyl (C=O) groups excluding carboxylic acids is 2. The number of β-amino-alcohol motifs (C(OH)–C–C–N with tert-alkyl or cyclic N) is 1. The Morgan fingerprint density at radius 2 is 1.90 bits per heavy atom. The van der Waals surface area contributed by atoms with Gasteiger partial charge < -0.3 is 15.2 Å². The molecule has 0 aromatic heterocycles. The van der Waals surface area contributed by atoms with Crippen LogP contribution in [0.4, 0.5) is 13.6 Å². The van der Waals surface area contributed by atoms with Crippen molar-refractivity contribution in [2.24, 2.45) is 0 Å². The Bertz CT molecular complexity index is 884. The molecule has 1 saturated heterocycles. The summed E-state index contributed by atoms with van der Waals surface area (Å²) in [4.78, 5) is 25.3.